The lowest BCUT2D eigenvalue weighted by molar-refractivity contribution is -0.126. The summed E-state index contributed by atoms with van der Waals surface area (Å²) >= 11 is 2.46. The molecule has 0 heterocycles. The summed E-state index contributed by atoms with van der Waals surface area (Å²) in [7, 11) is 0. The second-order valence-corrected chi connectivity index (χ2v) is 2.64. The van der Waals surface area contributed by atoms with Crippen molar-refractivity contribution in [2.24, 2.45) is 0 Å². The van der Waals surface area contributed by atoms with Gasteiger partial charge in [-0.05, 0) is 6.42 Å². The normalized spacial score (nSPS) is 15.1. The highest BCUT2D eigenvalue weighted by atomic mass is 79.9. The number of rotatable bonds is 2. The molecule has 0 fully saturated rings. The van der Waals surface area contributed by atoms with Crippen molar-refractivity contribution in [3.8, 4) is 0 Å². The molecular formula is C5H6BrF3. The Labute approximate surface area is 59.9 Å². The molecule has 0 saturated heterocycles. The molecular weight excluding hydrogens is 197 g/mol. The minimum atomic E-state index is -4.14. The fourth-order valence-corrected chi connectivity index (χ4v) is 0.544. The van der Waals surface area contributed by atoms with E-state index in [4.69, 9.17) is 0 Å². The van der Waals surface area contributed by atoms with E-state index in [0.717, 1.165) is 0 Å². The van der Waals surface area contributed by atoms with Crippen molar-refractivity contribution >= 4 is 15.9 Å². The lowest BCUT2D eigenvalue weighted by atomic mass is 10.3. The second-order valence-electron chi connectivity index (χ2n) is 1.53. The van der Waals surface area contributed by atoms with E-state index in [2.05, 4.69) is 22.5 Å². The first-order valence-electron chi connectivity index (χ1n) is 2.30. The van der Waals surface area contributed by atoms with Gasteiger partial charge in [0.1, 0.15) is 4.83 Å². The lowest BCUT2D eigenvalue weighted by Crippen LogP contribution is -2.21. The quantitative estimate of drug-likeness (QED) is 0.478. The van der Waals surface area contributed by atoms with Gasteiger partial charge in [0, 0.05) is 0 Å². The Balaban J connectivity index is 3.72. The first kappa shape index (κ1) is 9.01. The van der Waals surface area contributed by atoms with Crippen LogP contribution >= 0.6 is 15.9 Å². The summed E-state index contributed by atoms with van der Waals surface area (Å²) < 4.78 is 34.6. The highest BCUT2D eigenvalue weighted by Gasteiger charge is 2.36. The van der Waals surface area contributed by atoms with E-state index >= 15 is 0 Å². The molecule has 0 rings (SSSR count). The van der Waals surface area contributed by atoms with Crippen molar-refractivity contribution in [2.75, 3.05) is 0 Å². The molecule has 0 aliphatic rings. The Bertz CT molecular complexity index is 96.9. The predicted molar refractivity (Wildman–Crippen MR) is 33.6 cm³/mol. The molecule has 0 amide bonds. The SMILES string of the molecule is C=CCC(Br)C(F)(F)F. The molecule has 0 aromatic rings. The Morgan fingerprint density at radius 3 is 2.11 bits per heavy atom. The van der Waals surface area contributed by atoms with Crippen LogP contribution in [0.2, 0.25) is 0 Å². The molecule has 1 atom stereocenters. The lowest BCUT2D eigenvalue weighted by Gasteiger charge is -2.10. The van der Waals surface area contributed by atoms with Crippen molar-refractivity contribution in [3.05, 3.63) is 12.7 Å². The van der Waals surface area contributed by atoms with Gasteiger partial charge in [0.25, 0.3) is 0 Å². The third kappa shape index (κ3) is 3.56. The number of hydrogen-bond acceptors (Lipinski definition) is 0. The Morgan fingerprint density at radius 2 is 2.00 bits per heavy atom. The standard InChI is InChI=1S/C5H6BrF3/c1-2-3-4(6)5(7,8)9/h2,4H,1,3H2. The summed E-state index contributed by atoms with van der Waals surface area (Å²) in [5, 5.41) is 0. The molecule has 0 spiro atoms. The maximum atomic E-state index is 11.5. The third-order valence-electron chi connectivity index (χ3n) is 0.729. The van der Waals surface area contributed by atoms with Crippen LogP contribution in [0.3, 0.4) is 0 Å². The van der Waals surface area contributed by atoms with Crippen molar-refractivity contribution in [3.63, 3.8) is 0 Å². The molecule has 9 heavy (non-hydrogen) atoms. The third-order valence-corrected chi connectivity index (χ3v) is 1.62. The van der Waals surface area contributed by atoms with Crippen molar-refractivity contribution in [1.82, 2.24) is 0 Å². The van der Waals surface area contributed by atoms with Crippen LogP contribution < -0.4 is 0 Å². The highest BCUT2D eigenvalue weighted by Crippen LogP contribution is 2.28. The maximum absolute atomic E-state index is 11.5. The van der Waals surface area contributed by atoms with E-state index in [1.807, 2.05) is 0 Å². The molecule has 0 radical (unpaired) electrons. The zero-order chi connectivity index (χ0) is 7.49. The van der Waals surface area contributed by atoms with Gasteiger partial charge in [0.2, 0.25) is 0 Å². The van der Waals surface area contributed by atoms with Crippen LogP contribution in [0.15, 0.2) is 12.7 Å². The van der Waals surface area contributed by atoms with Crippen LogP contribution in [0.4, 0.5) is 13.2 Å². The molecule has 4 heteroatoms. The maximum Gasteiger partial charge on any atom is 0.401 e. The van der Waals surface area contributed by atoms with Crippen LogP contribution in [0.25, 0.3) is 0 Å². The van der Waals surface area contributed by atoms with Crippen LogP contribution in [0.5, 0.6) is 0 Å². The summed E-state index contributed by atoms with van der Waals surface area (Å²) in [5.74, 6) is 0. The fraction of sp³-hybridized carbons (Fsp3) is 0.600. The van der Waals surface area contributed by atoms with E-state index in [1.54, 1.807) is 0 Å². The summed E-state index contributed by atoms with van der Waals surface area (Å²) in [6.07, 6.45) is -3.00. The zero-order valence-electron chi connectivity index (χ0n) is 4.58. The molecule has 54 valence electrons. The summed E-state index contributed by atoms with van der Waals surface area (Å²) in [4.78, 5) is -1.44. The fourth-order valence-electron chi connectivity index (χ4n) is 0.280. The molecule has 1 unspecified atom stereocenters. The predicted octanol–water partition coefficient (Wildman–Crippen LogP) is 2.89. The molecule has 0 saturated carbocycles. The number of alkyl halides is 4. The van der Waals surface area contributed by atoms with Crippen molar-refractivity contribution < 1.29 is 13.2 Å². The van der Waals surface area contributed by atoms with Crippen LogP contribution in [0, 0.1) is 0 Å². The van der Waals surface area contributed by atoms with Crippen LogP contribution in [-0.2, 0) is 0 Å². The van der Waals surface area contributed by atoms with E-state index < -0.39 is 11.0 Å². The number of hydrogen-bond donors (Lipinski definition) is 0. The van der Waals surface area contributed by atoms with Crippen LogP contribution in [-0.4, -0.2) is 11.0 Å². The van der Waals surface area contributed by atoms with Crippen molar-refractivity contribution in [1.29, 1.82) is 0 Å². The van der Waals surface area contributed by atoms with Crippen molar-refractivity contribution in [2.45, 2.75) is 17.4 Å². The summed E-state index contributed by atoms with van der Waals surface area (Å²) in [5.41, 5.74) is 0. The molecule has 0 bridgehead atoms. The highest BCUT2D eigenvalue weighted by molar-refractivity contribution is 9.09. The number of halogens is 4. The van der Waals surface area contributed by atoms with E-state index in [1.165, 1.54) is 6.08 Å². The molecule has 0 aromatic heterocycles. The van der Waals surface area contributed by atoms with Gasteiger partial charge < -0.3 is 0 Å². The average molecular weight is 203 g/mol. The Morgan fingerprint density at radius 1 is 1.56 bits per heavy atom. The first-order chi connectivity index (χ1) is 3.98. The first-order valence-corrected chi connectivity index (χ1v) is 3.21. The average Bonchev–Trinajstić information content (AvgIpc) is 1.64. The van der Waals surface area contributed by atoms with Crippen LogP contribution in [0.1, 0.15) is 6.42 Å². The Hall–Kier alpha value is 0.01000. The summed E-state index contributed by atoms with van der Waals surface area (Å²) in [6, 6.07) is 0. The molecule has 0 N–H and O–H groups in total. The minimum absolute atomic E-state index is 0.0799. The van der Waals surface area contributed by atoms with E-state index in [9.17, 15) is 13.2 Å². The van der Waals surface area contributed by atoms with Gasteiger partial charge in [-0.25, -0.2) is 0 Å². The zero-order valence-corrected chi connectivity index (χ0v) is 6.17. The van der Waals surface area contributed by atoms with E-state index in [0.29, 0.717) is 0 Å². The molecule has 0 aromatic carbocycles. The van der Waals surface area contributed by atoms with Gasteiger partial charge in [0.15, 0.2) is 0 Å². The smallest absolute Gasteiger partial charge is 0.170 e. The van der Waals surface area contributed by atoms with Gasteiger partial charge in [-0.2, -0.15) is 13.2 Å². The minimum Gasteiger partial charge on any atom is -0.170 e. The molecule has 0 nitrogen and oxygen atoms in total. The van der Waals surface area contributed by atoms with Gasteiger partial charge >= 0.3 is 6.18 Å². The Kier molecular flexibility index (Phi) is 3.25. The van der Waals surface area contributed by atoms with Gasteiger partial charge in [-0.1, -0.05) is 22.0 Å². The topological polar surface area (TPSA) is 0 Å². The van der Waals surface area contributed by atoms with E-state index in [-0.39, 0.29) is 6.42 Å². The molecule has 0 aliphatic heterocycles. The van der Waals surface area contributed by atoms with Gasteiger partial charge in [0.05, 0.1) is 0 Å². The molecule has 0 aliphatic carbocycles. The van der Waals surface area contributed by atoms with Gasteiger partial charge in [-0.3, -0.25) is 0 Å². The van der Waals surface area contributed by atoms with Gasteiger partial charge in [-0.15, -0.1) is 6.58 Å². The largest absolute Gasteiger partial charge is 0.401 e. The second kappa shape index (κ2) is 3.25. The monoisotopic (exact) mass is 202 g/mol. The number of allylic oxidation sites excluding steroid dienone is 1. The summed E-state index contributed by atoms with van der Waals surface area (Å²) in [6.45, 7) is 3.18.